The van der Waals surface area contributed by atoms with Crippen molar-refractivity contribution in [2.24, 2.45) is 5.92 Å². The summed E-state index contributed by atoms with van der Waals surface area (Å²) >= 11 is 0. The third-order valence-corrected chi connectivity index (χ3v) is 9.65. The smallest absolute Gasteiger partial charge is 0.332 e. The Morgan fingerprint density at radius 2 is 1.63 bits per heavy atom. The number of esters is 2. The molecular formula is C24H26N2O4. The summed E-state index contributed by atoms with van der Waals surface area (Å²) in [6.45, 7) is 2.19. The van der Waals surface area contributed by atoms with Crippen LogP contribution in [0.1, 0.15) is 44.9 Å². The summed E-state index contributed by atoms with van der Waals surface area (Å²) < 4.78 is 12.1. The lowest BCUT2D eigenvalue weighted by molar-refractivity contribution is -0.148. The monoisotopic (exact) mass is 406 g/mol. The van der Waals surface area contributed by atoms with Crippen molar-refractivity contribution in [1.82, 2.24) is 9.80 Å². The Kier molecular flexibility index (Phi) is 2.85. The van der Waals surface area contributed by atoms with Crippen LogP contribution in [0.4, 0.5) is 0 Å². The largest absolute Gasteiger partial charge is 0.450 e. The number of hydrogen-bond acceptors (Lipinski definition) is 6. The SMILES string of the molecule is O=C1C=C2C(C3CC4=CC(=O)OC45CC3N3CCCC35)=CC3CC2(O1)C1CCCN31. The van der Waals surface area contributed by atoms with Crippen molar-refractivity contribution in [3.05, 3.63) is 34.9 Å². The lowest BCUT2D eigenvalue weighted by Crippen LogP contribution is -2.46. The fraction of sp³-hybridized carbons (Fsp3) is 0.667. The molecule has 4 saturated heterocycles. The van der Waals surface area contributed by atoms with Crippen LogP contribution < -0.4 is 0 Å². The Balaban J connectivity index is 1.27. The average Bonchev–Trinajstić information content (AvgIpc) is 3.50. The van der Waals surface area contributed by atoms with Crippen LogP contribution >= 0.6 is 0 Å². The highest BCUT2D eigenvalue weighted by Gasteiger charge is 2.68. The highest BCUT2D eigenvalue weighted by atomic mass is 16.6. The molecule has 2 aliphatic carbocycles. The van der Waals surface area contributed by atoms with Crippen LogP contribution in [-0.2, 0) is 19.1 Å². The van der Waals surface area contributed by atoms with Crippen LogP contribution in [0.25, 0.3) is 0 Å². The van der Waals surface area contributed by atoms with Gasteiger partial charge in [-0.2, -0.15) is 0 Å². The first-order valence-corrected chi connectivity index (χ1v) is 11.7. The second kappa shape index (κ2) is 5.10. The maximum atomic E-state index is 12.5. The highest BCUT2D eigenvalue weighted by Crippen LogP contribution is 2.61. The molecule has 6 heterocycles. The van der Waals surface area contributed by atoms with Crippen LogP contribution in [0, 0.1) is 5.92 Å². The predicted octanol–water partition coefficient (Wildman–Crippen LogP) is 1.86. The normalized spacial score (nSPS) is 50.4. The summed E-state index contributed by atoms with van der Waals surface area (Å²) in [5.74, 6) is -0.0176. The van der Waals surface area contributed by atoms with Gasteiger partial charge in [0, 0.05) is 48.6 Å². The van der Waals surface area contributed by atoms with Gasteiger partial charge in [-0.1, -0.05) is 6.08 Å². The number of rotatable bonds is 1. The van der Waals surface area contributed by atoms with E-state index in [1.54, 1.807) is 12.2 Å². The van der Waals surface area contributed by atoms with E-state index in [1.165, 1.54) is 24.0 Å². The molecule has 8 aliphatic rings. The molecule has 4 bridgehead atoms. The summed E-state index contributed by atoms with van der Waals surface area (Å²) in [7, 11) is 0. The van der Waals surface area contributed by atoms with Crippen LogP contribution in [0.2, 0.25) is 0 Å². The minimum Gasteiger partial charge on any atom is -0.450 e. The van der Waals surface area contributed by atoms with Gasteiger partial charge in [-0.05, 0) is 56.3 Å². The first-order valence-electron chi connectivity index (χ1n) is 11.7. The van der Waals surface area contributed by atoms with Gasteiger partial charge in [0.15, 0.2) is 11.2 Å². The van der Waals surface area contributed by atoms with Crippen molar-refractivity contribution in [1.29, 1.82) is 0 Å². The van der Waals surface area contributed by atoms with Crippen molar-refractivity contribution >= 4 is 11.9 Å². The number of carbonyl (C=O) groups excluding carboxylic acids is 2. The molecule has 6 aliphatic heterocycles. The number of ether oxygens (including phenoxy) is 2. The summed E-state index contributed by atoms with van der Waals surface area (Å²) in [5.41, 5.74) is 2.87. The van der Waals surface area contributed by atoms with Gasteiger partial charge in [-0.3, -0.25) is 9.80 Å². The quantitative estimate of drug-likeness (QED) is 0.620. The Labute approximate surface area is 175 Å². The summed E-state index contributed by atoms with van der Waals surface area (Å²) in [6.07, 6.45) is 13.3. The fourth-order valence-electron chi connectivity index (χ4n) is 8.80. The molecule has 2 spiro atoms. The molecule has 156 valence electrons. The number of hydrogen-bond donors (Lipinski definition) is 0. The molecule has 0 aromatic rings. The second-order valence-corrected chi connectivity index (χ2v) is 10.6. The number of fused-ring (bicyclic) bond motifs is 6. The van der Waals surface area contributed by atoms with Crippen molar-refractivity contribution in [2.75, 3.05) is 13.1 Å². The fourth-order valence-corrected chi connectivity index (χ4v) is 8.80. The van der Waals surface area contributed by atoms with Crippen molar-refractivity contribution in [3.8, 4) is 0 Å². The minimum atomic E-state index is -0.434. The maximum Gasteiger partial charge on any atom is 0.332 e. The lowest BCUT2D eigenvalue weighted by atomic mass is 9.66. The Bertz CT molecular complexity index is 1010. The van der Waals surface area contributed by atoms with E-state index in [1.807, 2.05) is 0 Å². The van der Waals surface area contributed by atoms with E-state index in [0.29, 0.717) is 30.1 Å². The molecule has 7 unspecified atom stereocenters. The van der Waals surface area contributed by atoms with E-state index >= 15 is 0 Å². The average molecular weight is 406 g/mol. The molecule has 0 radical (unpaired) electrons. The van der Waals surface area contributed by atoms with Gasteiger partial charge < -0.3 is 9.47 Å². The van der Waals surface area contributed by atoms with E-state index < -0.39 is 5.60 Å². The van der Waals surface area contributed by atoms with Crippen molar-refractivity contribution < 1.29 is 19.1 Å². The zero-order valence-electron chi connectivity index (χ0n) is 17.0. The molecule has 6 nitrogen and oxygen atoms in total. The molecular weight excluding hydrogens is 380 g/mol. The van der Waals surface area contributed by atoms with Gasteiger partial charge in [0.25, 0.3) is 0 Å². The molecule has 7 atom stereocenters. The molecule has 0 aromatic carbocycles. The molecule has 1 saturated carbocycles. The Morgan fingerprint density at radius 3 is 2.50 bits per heavy atom. The molecule has 6 heteroatoms. The van der Waals surface area contributed by atoms with Crippen LogP contribution in [-0.4, -0.2) is 70.2 Å². The summed E-state index contributed by atoms with van der Waals surface area (Å²) in [6, 6.07) is 1.41. The first kappa shape index (κ1) is 16.7. The van der Waals surface area contributed by atoms with Crippen molar-refractivity contribution in [2.45, 2.75) is 80.3 Å². The van der Waals surface area contributed by atoms with E-state index in [9.17, 15) is 9.59 Å². The van der Waals surface area contributed by atoms with Gasteiger partial charge in [-0.25, -0.2) is 9.59 Å². The molecule has 30 heavy (non-hydrogen) atoms. The Morgan fingerprint density at radius 1 is 0.900 bits per heavy atom. The molecule has 0 aromatic heterocycles. The predicted molar refractivity (Wildman–Crippen MR) is 106 cm³/mol. The molecule has 0 amide bonds. The minimum absolute atomic E-state index is 0.161. The third kappa shape index (κ3) is 1.71. The van der Waals surface area contributed by atoms with E-state index in [0.717, 1.165) is 50.8 Å². The first-order chi connectivity index (χ1) is 14.6. The van der Waals surface area contributed by atoms with Crippen molar-refractivity contribution in [3.63, 3.8) is 0 Å². The second-order valence-electron chi connectivity index (χ2n) is 10.6. The Hall–Kier alpha value is -1.92. The van der Waals surface area contributed by atoms with Gasteiger partial charge in [0.05, 0.1) is 12.1 Å². The van der Waals surface area contributed by atoms with Crippen LogP contribution in [0.15, 0.2) is 34.9 Å². The zero-order chi connectivity index (χ0) is 19.8. The van der Waals surface area contributed by atoms with E-state index in [2.05, 4.69) is 15.9 Å². The van der Waals surface area contributed by atoms with Gasteiger partial charge >= 0.3 is 11.9 Å². The van der Waals surface area contributed by atoms with Gasteiger partial charge in [0.1, 0.15) is 0 Å². The summed E-state index contributed by atoms with van der Waals surface area (Å²) in [5, 5.41) is 0. The molecule has 5 fully saturated rings. The third-order valence-electron chi connectivity index (χ3n) is 9.65. The number of carbonyl (C=O) groups is 2. The van der Waals surface area contributed by atoms with Crippen LogP contribution in [0.3, 0.4) is 0 Å². The highest BCUT2D eigenvalue weighted by molar-refractivity contribution is 5.90. The maximum absolute atomic E-state index is 12.5. The topological polar surface area (TPSA) is 59.1 Å². The molecule has 0 N–H and O–H groups in total. The zero-order valence-corrected chi connectivity index (χ0v) is 17.0. The van der Waals surface area contributed by atoms with E-state index in [-0.39, 0.29) is 17.5 Å². The van der Waals surface area contributed by atoms with Crippen LogP contribution in [0.5, 0.6) is 0 Å². The standard InChI is InChI=1S/C24H26N2O4/c27-21-8-13-7-16(18-12-23(13,29-21)19-3-2-6-26(18)19)15-9-14-11-24(17(15)10-22(28)30-24)20-4-1-5-25(14)20/h8-10,14,16,18-20H,1-7,11-12H2. The number of nitrogens with zero attached hydrogens (tertiary/aromatic N) is 2. The van der Waals surface area contributed by atoms with Gasteiger partial charge in [0.2, 0.25) is 0 Å². The lowest BCUT2D eigenvalue weighted by Gasteiger charge is -2.42. The van der Waals surface area contributed by atoms with E-state index in [4.69, 9.17) is 9.47 Å². The summed E-state index contributed by atoms with van der Waals surface area (Å²) in [4.78, 5) is 30.1. The van der Waals surface area contributed by atoms with Gasteiger partial charge in [-0.15, -0.1) is 0 Å². The molecule has 8 rings (SSSR count).